The van der Waals surface area contributed by atoms with E-state index < -0.39 is 0 Å². The van der Waals surface area contributed by atoms with E-state index in [-0.39, 0.29) is 12.0 Å². The van der Waals surface area contributed by atoms with E-state index in [9.17, 15) is 4.79 Å². The minimum absolute atomic E-state index is 0.0741. The maximum Gasteiger partial charge on any atom is 0.270 e. The SMILES string of the molecule is CCCN(C[C@H]1CCCO1)C(=O)c1cc2ccc(OC)cc2n1C. The number of methoxy groups -OCH3 is 1. The Hall–Kier alpha value is -2.01. The Morgan fingerprint density at radius 1 is 1.42 bits per heavy atom. The minimum atomic E-state index is 0.0741. The molecule has 24 heavy (non-hydrogen) atoms. The van der Waals surface area contributed by atoms with Crippen molar-refractivity contribution in [2.75, 3.05) is 26.8 Å². The van der Waals surface area contributed by atoms with E-state index in [0.29, 0.717) is 12.2 Å². The molecule has 0 radical (unpaired) electrons. The summed E-state index contributed by atoms with van der Waals surface area (Å²) in [6, 6.07) is 7.85. The van der Waals surface area contributed by atoms with Gasteiger partial charge in [0, 0.05) is 38.2 Å². The first kappa shape index (κ1) is 16.8. The third kappa shape index (κ3) is 3.26. The molecule has 1 aliphatic heterocycles. The van der Waals surface area contributed by atoms with Crippen LogP contribution >= 0.6 is 0 Å². The number of ether oxygens (including phenoxy) is 2. The highest BCUT2D eigenvalue weighted by Crippen LogP contribution is 2.25. The van der Waals surface area contributed by atoms with Gasteiger partial charge in [-0.25, -0.2) is 0 Å². The van der Waals surface area contributed by atoms with Crippen molar-refractivity contribution in [1.82, 2.24) is 9.47 Å². The molecule has 0 saturated carbocycles. The van der Waals surface area contributed by atoms with Gasteiger partial charge in [-0.1, -0.05) is 6.92 Å². The lowest BCUT2D eigenvalue weighted by molar-refractivity contribution is 0.0519. The summed E-state index contributed by atoms with van der Waals surface area (Å²) < 4.78 is 13.0. The third-order valence-electron chi connectivity index (χ3n) is 4.70. The zero-order chi connectivity index (χ0) is 17.1. The van der Waals surface area contributed by atoms with Gasteiger partial charge in [0.05, 0.1) is 18.7 Å². The largest absolute Gasteiger partial charge is 0.497 e. The van der Waals surface area contributed by atoms with E-state index >= 15 is 0 Å². The lowest BCUT2D eigenvalue weighted by atomic mass is 10.2. The van der Waals surface area contributed by atoms with Crippen LogP contribution in [0.4, 0.5) is 0 Å². The summed E-state index contributed by atoms with van der Waals surface area (Å²) in [4.78, 5) is 15.0. The molecule has 5 heteroatoms. The molecule has 1 aliphatic rings. The molecule has 1 amide bonds. The van der Waals surface area contributed by atoms with Crippen molar-refractivity contribution >= 4 is 16.8 Å². The number of carbonyl (C=O) groups excluding carboxylic acids is 1. The number of fused-ring (bicyclic) bond motifs is 1. The monoisotopic (exact) mass is 330 g/mol. The number of aromatic nitrogens is 1. The first-order valence-corrected chi connectivity index (χ1v) is 8.68. The van der Waals surface area contributed by atoms with Crippen LogP contribution in [0.5, 0.6) is 5.75 Å². The highest BCUT2D eigenvalue weighted by molar-refractivity contribution is 5.99. The predicted octanol–water partition coefficient (Wildman–Crippen LogP) is 3.22. The molecule has 0 unspecified atom stereocenters. The summed E-state index contributed by atoms with van der Waals surface area (Å²) in [6.45, 7) is 4.34. The maximum atomic E-state index is 13.1. The van der Waals surface area contributed by atoms with Gasteiger partial charge < -0.3 is 18.9 Å². The molecule has 1 fully saturated rings. The van der Waals surface area contributed by atoms with Crippen LogP contribution in [0.2, 0.25) is 0 Å². The van der Waals surface area contributed by atoms with E-state index in [1.54, 1.807) is 7.11 Å². The highest BCUT2D eigenvalue weighted by atomic mass is 16.5. The molecule has 2 heterocycles. The van der Waals surface area contributed by atoms with Crippen LogP contribution in [0.25, 0.3) is 10.9 Å². The fourth-order valence-corrected chi connectivity index (χ4v) is 3.38. The topological polar surface area (TPSA) is 43.7 Å². The van der Waals surface area contributed by atoms with Crippen molar-refractivity contribution in [3.05, 3.63) is 30.0 Å². The number of aryl methyl sites for hydroxylation is 1. The van der Waals surface area contributed by atoms with Crippen LogP contribution in [-0.2, 0) is 11.8 Å². The second-order valence-corrected chi connectivity index (χ2v) is 6.40. The second kappa shape index (κ2) is 7.26. The molecule has 1 saturated heterocycles. The Labute approximate surface area is 143 Å². The van der Waals surface area contributed by atoms with Gasteiger partial charge in [-0.15, -0.1) is 0 Å². The van der Waals surface area contributed by atoms with E-state index in [1.807, 2.05) is 40.8 Å². The van der Waals surface area contributed by atoms with Gasteiger partial charge in [0.25, 0.3) is 5.91 Å². The molecule has 0 N–H and O–H groups in total. The summed E-state index contributed by atoms with van der Waals surface area (Å²) in [5.74, 6) is 0.873. The Bertz CT molecular complexity index is 717. The average Bonchev–Trinajstić information content (AvgIpc) is 3.22. The van der Waals surface area contributed by atoms with E-state index in [0.717, 1.165) is 49.1 Å². The van der Waals surface area contributed by atoms with Crippen molar-refractivity contribution in [3.63, 3.8) is 0 Å². The normalized spacial score (nSPS) is 17.4. The number of nitrogens with zero attached hydrogens (tertiary/aromatic N) is 2. The summed E-state index contributed by atoms with van der Waals surface area (Å²) in [7, 11) is 3.59. The Morgan fingerprint density at radius 2 is 2.25 bits per heavy atom. The van der Waals surface area contributed by atoms with Crippen molar-refractivity contribution in [2.45, 2.75) is 32.3 Å². The molecular formula is C19H26N2O3. The number of hydrogen-bond acceptors (Lipinski definition) is 3. The van der Waals surface area contributed by atoms with Crippen LogP contribution in [0.15, 0.2) is 24.3 Å². The van der Waals surface area contributed by atoms with Crippen LogP contribution in [0.3, 0.4) is 0 Å². The molecular weight excluding hydrogens is 304 g/mol. The average molecular weight is 330 g/mol. The Balaban J connectivity index is 1.88. The lowest BCUT2D eigenvalue weighted by Crippen LogP contribution is -2.38. The Morgan fingerprint density at radius 3 is 2.92 bits per heavy atom. The molecule has 1 aromatic carbocycles. The number of carbonyl (C=O) groups is 1. The minimum Gasteiger partial charge on any atom is -0.497 e. The van der Waals surface area contributed by atoms with Crippen molar-refractivity contribution < 1.29 is 14.3 Å². The lowest BCUT2D eigenvalue weighted by Gasteiger charge is -2.25. The van der Waals surface area contributed by atoms with Crippen LogP contribution < -0.4 is 4.74 Å². The summed E-state index contributed by atoms with van der Waals surface area (Å²) in [6.07, 6.45) is 3.25. The number of rotatable bonds is 6. The molecule has 0 spiro atoms. The molecule has 3 rings (SSSR count). The standard InChI is InChI=1S/C19H26N2O3/c1-4-9-21(13-16-6-5-10-24-16)19(22)18-11-14-7-8-15(23-3)12-17(14)20(18)2/h7-8,11-12,16H,4-6,9-10,13H2,1-3H3/t16-/m1/s1. The van der Waals surface area contributed by atoms with Gasteiger partial charge in [0.2, 0.25) is 0 Å². The predicted molar refractivity (Wildman–Crippen MR) is 94.6 cm³/mol. The van der Waals surface area contributed by atoms with Crippen LogP contribution in [-0.4, -0.2) is 48.3 Å². The number of benzene rings is 1. The second-order valence-electron chi connectivity index (χ2n) is 6.40. The summed E-state index contributed by atoms with van der Waals surface area (Å²) >= 11 is 0. The molecule has 130 valence electrons. The first-order valence-electron chi connectivity index (χ1n) is 8.68. The van der Waals surface area contributed by atoms with Crippen LogP contribution in [0.1, 0.15) is 36.7 Å². The maximum absolute atomic E-state index is 13.1. The van der Waals surface area contributed by atoms with Crippen LogP contribution in [0, 0.1) is 0 Å². The van der Waals surface area contributed by atoms with Gasteiger partial charge in [-0.3, -0.25) is 4.79 Å². The Kier molecular flexibility index (Phi) is 5.09. The third-order valence-corrected chi connectivity index (χ3v) is 4.70. The van der Waals surface area contributed by atoms with E-state index in [2.05, 4.69) is 6.92 Å². The van der Waals surface area contributed by atoms with Gasteiger partial charge >= 0.3 is 0 Å². The van der Waals surface area contributed by atoms with Gasteiger partial charge in [-0.05, 0) is 37.5 Å². The van der Waals surface area contributed by atoms with Gasteiger partial charge in [0.1, 0.15) is 11.4 Å². The number of hydrogen-bond donors (Lipinski definition) is 0. The smallest absolute Gasteiger partial charge is 0.270 e. The zero-order valence-corrected chi connectivity index (χ0v) is 14.7. The van der Waals surface area contributed by atoms with Crippen molar-refractivity contribution in [3.8, 4) is 5.75 Å². The van der Waals surface area contributed by atoms with E-state index in [1.165, 1.54) is 0 Å². The summed E-state index contributed by atoms with van der Waals surface area (Å²) in [5.41, 5.74) is 1.72. The zero-order valence-electron chi connectivity index (χ0n) is 14.7. The van der Waals surface area contributed by atoms with Gasteiger partial charge in [0.15, 0.2) is 0 Å². The number of amides is 1. The fraction of sp³-hybridized carbons (Fsp3) is 0.526. The molecule has 5 nitrogen and oxygen atoms in total. The molecule has 2 aromatic rings. The van der Waals surface area contributed by atoms with Gasteiger partial charge in [-0.2, -0.15) is 0 Å². The quantitative estimate of drug-likeness (QED) is 0.817. The molecule has 1 aromatic heterocycles. The molecule has 1 atom stereocenters. The fourth-order valence-electron chi connectivity index (χ4n) is 3.38. The molecule has 0 aliphatic carbocycles. The van der Waals surface area contributed by atoms with E-state index in [4.69, 9.17) is 9.47 Å². The van der Waals surface area contributed by atoms with Crippen molar-refractivity contribution in [1.29, 1.82) is 0 Å². The molecule has 0 bridgehead atoms. The summed E-state index contributed by atoms with van der Waals surface area (Å²) in [5, 5.41) is 1.05. The highest BCUT2D eigenvalue weighted by Gasteiger charge is 2.25. The van der Waals surface area contributed by atoms with Crippen molar-refractivity contribution in [2.24, 2.45) is 7.05 Å². The first-order chi connectivity index (χ1) is 11.6.